The van der Waals surface area contributed by atoms with E-state index in [-0.39, 0.29) is 0 Å². The number of benzene rings is 2. The van der Waals surface area contributed by atoms with Crippen LogP contribution in [0.1, 0.15) is 13.3 Å². The van der Waals surface area contributed by atoms with Crippen LogP contribution in [0.15, 0.2) is 72.9 Å². The van der Waals surface area contributed by atoms with Gasteiger partial charge in [-0.15, -0.1) is 0 Å². The van der Waals surface area contributed by atoms with Crippen molar-refractivity contribution in [2.24, 2.45) is 0 Å². The number of aromatic nitrogens is 4. The molecule has 164 valence electrons. The molecule has 0 saturated carbocycles. The fourth-order valence-corrected chi connectivity index (χ4v) is 4.09. The van der Waals surface area contributed by atoms with Gasteiger partial charge in [-0.1, -0.05) is 24.8 Å². The highest BCUT2D eigenvalue weighted by atomic mass is 32.2. The SMILES string of the molecule is C=CS(=O)(=O)C(C)CCn1nc(-c2ccc(Oc3ccccc3)cc2)c2c(N)ncnc21. The Kier molecular flexibility index (Phi) is 5.91. The lowest BCUT2D eigenvalue weighted by molar-refractivity contribution is 0.483. The van der Waals surface area contributed by atoms with Crippen LogP contribution in [-0.4, -0.2) is 33.4 Å². The number of aryl methyl sites for hydroxylation is 1. The smallest absolute Gasteiger partial charge is 0.173 e. The van der Waals surface area contributed by atoms with Gasteiger partial charge >= 0.3 is 0 Å². The summed E-state index contributed by atoms with van der Waals surface area (Å²) in [6.07, 6.45) is 1.73. The minimum Gasteiger partial charge on any atom is -0.457 e. The molecule has 0 aliphatic carbocycles. The van der Waals surface area contributed by atoms with E-state index in [0.717, 1.165) is 16.7 Å². The molecule has 1 atom stereocenters. The van der Waals surface area contributed by atoms with Crippen LogP contribution in [0.3, 0.4) is 0 Å². The first kappa shape index (κ1) is 21.5. The average molecular weight is 450 g/mol. The predicted octanol–water partition coefficient (Wildman–Crippen LogP) is 4.20. The molecule has 0 amide bonds. The lowest BCUT2D eigenvalue weighted by Gasteiger charge is -2.09. The fourth-order valence-electron chi connectivity index (χ4n) is 3.33. The van der Waals surface area contributed by atoms with Crippen LogP contribution < -0.4 is 10.5 Å². The van der Waals surface area contributed by atoms with Gasteiger partial charge in [0.2, 0.25) is 0 Å². The highest BCUT2D eigenvalue weighted by Crippen LogP contribution is 2.32. The first-order valence-corrected chi connectivity index (χ1v) is 11.7. The van der Waals surface area contributed by atoms with Crippen molar-refractivity contribution in [3.63, 3.8) is 0 Å². The highest BCUT2D eigenvalue weighted by Gasteiger charge is 2.20. The standard InChI is InChI=1S/C23H23N5O3S/c1-3-32(29,30)16(2)13-14-28-23-20(22(24)25-15-26-23)21(27-28)17-9-11-19(12-10-17)31-18-7-5-4-6-8-18/h3-12,15-16H,1,13-14H2,2H3,(H2,24,25,26). The summed E-state index contributed by atoms with van der Waals surface area (Å²) in [5.74, 6) is 1.75. The van der Waals surface area contributed by atoms with Crippen molar-refractivity contribution >= 4 is 26.7 Å². The Bertz CT molecular complexity index is 1350. The largest absolute Gasteiger partial charge is 0.457 e. The Hall–Kier alpha value is -3.72. The molecule has 1 unspecified atom stereocenters. The number of nitrogens with zero attached hydrogens (tertiary/aromatic N) is 4. The Labute approximate surface area is 186 Å². The summed E-state index contributed by atoms with van der Waals surface area (Å²) >= 11 is 0. The first-order valence-electron chi connectivity index (χ1n) is 10.1. The van der Waals surface area contributed by atoms with Gasteiger partial charge in [0.25, 0.3) is 0 Å². The number of hydrogen-bond acceptors (Lipinski definition) is 7. The molecule has 0 bridgehead atoms. The van der Waals surface area contributed by atoms with Crippen LogP contribution in [0.25, 0.3) is 22.3 Å². The van der Waals surface area contributed by atoms with Gasteiger partial charge < -0.3 is 10.5 Å². The van der Waals surface area contributed by atoms with E-state index in [0.29, 0.717) is 41.3 Å². The topological polar surface area (TPSA) is 113 Å². The van der Waals surface area contributed by atoms with Gasteiger partial charge in [-0.05, 0) is 49.7 Å². The second kappa shape index (κ2) is 8.80. The van der Waals surface area contributed by atoms with Gasteiger partial charge in [0, 0.05) is 17.5 Å². The number of hydrogen-bond donors (Lipinski definition) is 1. The number of nitrogen functional groups attached to an aromatic ring is 1. The summed E-state index contributed by atoms with van der Waals surface area (Å²) in [5, 5.41) is 5.72. The number of fused-ring (bicyclic) bond motifs is 1. The minimum absolute atomic E-state index is 0.313. The number of anilines is 1. The lowest BCUT2D eigenvalue weighted by atomic mass is 10.1. The number of para-hydroxylation sites is 1. The van der Waals surface area contributed by atoms with Gasteiger partial charge in [0.15, 0.2) is 15.5 Å². The zero-order valence-electron chi connectivity index (χ0n) is 17.5. The van der Waals surface area contributed by atoms with Crippen LogP contribution in [0.5, 0.6) is 11.5 Å². The summed E-state index contributed by atoms with van der Waals surface area (Å²) < 4.78 is 31.6. The molecule has 0 saturated heterocycles. The third-order valence-electron chi connectivity index (χ3n) is 5.21. The van der Waals surface area contributed by atoms with Gasteiger partial charge in [0.05, 0.1) is 10.6 Å². The van der Waals surface area contributed by atoms with E-state index in [2.05, 4.69) is 21.6 Å². The number of nitrogens with two attached hydrogens (primary N) is 1. The Morgan fingerprint density at radius 1 is 1.09 bits per heavy atom. The fraction of sp³-hybridized carbons (Fsp3) is 0.174. The molecular formula is C23H23N5O3S. The molecule has 2 N–H and O–H groups in total. The summed E-state index contributed by atoms with van der Waals surface area (Å²) in [6.45, 7) is 5.40. The number of sulfone groups is 1. The molecule has 9 heteroatoms. The third-order valence-corrected chi connectivity index (χ3v) is 7.03. The molecule has 2 aromatic heterocycles. The molecule has 4 rings (SSSR count). The molecule has 0 fully saturated rings. The van der Waals surface area contributed by atoms with Crippen LogP contribution in [0, 0.1) is 0 Å². The second-order valence-corrected chi connectivity index (χ2v) is 9.64. The van der Waals surface area contributed by atoms with Crippen LogP contribution in [-0.2, 0) is 16.4 Å². The molecule has 2 heterocycles. The third kappa shape index (κ3) is 4.33. The van der Waals surface area contributed by atoms with Crippen molar-refractivity contribution in [1.82, 2.24) is 19.7 Å². The maximum atomic E-state index is 12.0. The molecular weight excluding hydrogens is 426 g/mol. The summed E-state index contributed by atoms with van der Waals surface area (Å²) in [4.78, 5) is 8.44. The zero-order chi connectivity index (χ0) is 22.7. The van der Waals surface area contributed by atoms with E-state index in [1.165, 1.54) is 6.33 Å². The summed E-state index contributed by atoms with van der Waals surface area (Å²) in [6, 6.07) is 17.0. The molecule has 8 nitrogen and oxygen atoms in total. The molecule has 2 aromatic carbocycles. The van der Waals surface area contributed by atoms with Crippen molar-refractivity contribution in [2.45, 2.75) is 25.1 Å². The predicted molar refractivity (Wildman–Crippen MR) is 125 cm³/mol. The molecule has 4 aromatic rings. The molecule has 0 spiro atoms. The quantitative estimate of drug-likeness (QED) is 0.429. The van der Waals surface area contributed by atoms with Crippen molar-refractivity contribution in [1.29, 1.82) is 0 Å². The van der Waals surface area contributed by atoms with Crippen LogP contribution in [0.2, 0.25) is 0 Å². The number of ether oxygens (including phenoxy) is 1. The van der Waals surface area contributed by atoms with Gasteiger partial charge in [-0.3, -0.25) is 0 Å². The highest BCUT2D eigenvalue weighted by molar-refractivity contribution is 7.94. The Morgan fingerprint density at radius 3 is 2.47 bits per heavy atom. The monoisotopic (exact) mass is 449 g/mol. The Balaban J connectivity index is 1.65. The molecule has 0 radical (unpaired) electrons. The Morgan fingerprint density at radius 2 is 1.78 bits per heavy atom. The van der Waals surface area contributed by atoms with Crippen molar-refractivity contribution < 1.29 is 13.2 Å². The lowest BCUT2D eigenvalue weighted by Crippen LogP contribution is -2.18. The summed E-state index contributed by atoms with van der Waals surface area (Å²) in [5.41, 5.74) is 8.15. The van der Waals surface area contributed by atoms with Gasteiger partial charge in [-0.25, -0.2) is 23.1 Å². The van der Waals surface area contributed by atoms with E-state index in [4.69, 9.17) is 10.5 Å². The van der Waals surface area contributed by atoms with Crippen molar-refractivity contribution in [2.75, 3.05) is 5.73 Å². The van der Waals surface area contributed by atoms with Crippen molar-refractivity contribution in [3.05, 3.63) is 72.9 Å². The summed E-state index contributed by atoms with van der Waals surface area (Å²) in [7, 11) is -3.35. The molecule has 32 heavy (non-hydrogen) atoms. The van der Waals surface area contributed by atoms with E-state index in [1.807, 2.05) is 54.6 Å². The van der Waals surface area contributed by atoms with Crippen LogP contribution in [0.4, 0.5) is 5.82 Å². The maximum absolute atomic E-state index is 12.0. The second-order valence-electron chi connectivity index (χ2n) is 7.32. The maximum Gasteiger partial charge on any atom is 0.173 e. The van der Waals surface area contributed by atoms with E-state index in [1.54, 1.807) is 11.6 Å². The zero-order valence-corrected chi connectivity index (χ0v) is 18.4. The average Bonchev–Trinajstić information content (AvgIpc) is 3.18. The van der Waals surface area contributed by atoms with Gasteiger partial charge in [-0.2, -0.15) is 5.10 Å². The first-order chi connectivity index (χ1) is 15.4. The molecule has 0 aliphatic rings. The van der Waals surface area contributed by atoms with Gasteiger partial charge in [0.1, 0.15) is 29.3 Å². The van der Waals surface area contributed by atoms with E-state index < -0.39 is 15.1 Å². The van der Waals surface area contributed by atoms with E-state index >= 15 is 0 Å². The van der Waals surface area contributed by atoms with E-state index in [9.17, 15) is 8.42 Å². The normalized spacial score (nSPS) is 12.5. The number of rotatable bonds is 8. The molecule has 0 aliphatic heterocycles. The van der Waals surface area contributed by atoms with Crippen LogP contribution >= 0.6 is 0 Å². The van der Waals surface area contributed by atoms with Crippen molar-refractivity contribution in [3.8, 4) is 22.8 Å². The minimum atomic E-state index is -3.35.